The molecule has 18 heavy (non-hydrogen) atoms. The molecule has 94 valence electrons. The molecule has 1 heterocycles. The molecule has 0 saturated carbocycles. The Balaban J connectivity index is 2.85. The van der Waals surface area contributed by atoms with Gasteiger partial charge in [-0.25, -0.2) is 0 Å². The predicted octanol–water partition coefficient (Wildman–Crippen LogP) is 6.62. The van der Waals surface area contributed by atoms with Crippen LogP contribution in [0, 0.1) is 3.57 Å². The third kappa shape index (κ3) is 2.56. The summed E-state index contributed by atoms with van der Waals surface area (Å²) in [6.07, 6.45) is 3.32. The van der Waals surface area contributed by atoms with Crippen LogP contribution in [0.3, 0.4) is 0 Å². The summed E-state index contributed by atoms with van der Waals surface area (Å²) in [6, 6.07) is 1.83. The van der Waals surface area contributed by atoms with E-state index in [0.717, 1.165) is 9.13 Å². The van der Waals surface area contributed by atoms with E-state index in [-0.39, 0.29) is 25.1 Å². The minimum absolute atomic E-state index is 0.149. The normalized spacial score (nSPS) is 10.8. The molecular weight excluding hydrogens is 450 g/mol. The third-order valence-electron chi connectivity index (χ3n) is 2.25. The second kappa shape index (κ2) is 5.90. The monoisotopic (exact) mass is 451 g/mol. The van der Waals surface area contributed by atoms with Crippen molar-refractivity contribution >= 4 is 80.6 Å². The molecule has 0 radical (unpaired) electrons. The second-order valence-electron chi connectivity index (χ2n) is 3.30. The molecule has 0 aliphatic carbocycles. The summed E-state index contributed by atoms with van der Waals surface area (Å²) < 4.78 is 0.931. The average molecular weight is 453 g/mol. The van der Waals surface area contributed by atoms with Crippen LogP contribution in [-0.2, 0) is 0 Å². The molecule has 1 aromatic carbocycles. The fourth-order valence-corrected chi connectivity index (χ4v) is 3.31. The van der Waals surface area contributed by atoms with Gasteiger partial charge < -0.3 is 0 Å². The van der Waals surface area contributed by atoms with Gasteiger partial charge in [-0.1, -0.05) is 58.0 Å². The number of rotatable bonds is 1. The molecule has 0 atom stereocenters. The first-order valence-electron chi connectivity index (χ1n) is 4.56. The molecule has 0 bridgehead atoms. The van der Waals surface area contributed by atoms with Gasteiger partial charge in [0.1, 0.15) is 0 Å². The van der Waals surface area contributed by atoms with E-state index in [9.17, 15) is 0 Å². The van der Waals surface area contributed by atoms with Crippen LogP contribution >= 0.6 is 80.6 Å². The summed E-state index contributed by atoms with van der Waals surface area (Å²) in [5.41, 5.74) is 1.30. The first kappa shape index (κ1) is 14.9. The smallest absolute Gasteiger partial charge is 0.0809 e. The Hall–Kier alpha value is 0.550. The van der Waals surface area contributed by atoms with Gasteiger partial charge in [0.15, 0.2) is 0 Å². The quantitative estimate of drug-likeness (QED) is 0.269. The van der Waals surface area contributed by atoms with Crippen LogP contribution in [0.4, 0.5) is 0 Å². The molecule has 2 rings (SSSR count). The maximum atomic E-state index is 6.19. The highest BCUT2D eigenvalue weighted by Crippen LogP contribution is 2.48. The molecule has 0 N–H and O–H groups in total. The van der Waals surface area contributed by atoms with Crippen LogP contribution < -0.4 is 0 Å². The lowest BCUT2D eigenvalue weighted by molar-refractivity contribution is 1.31. The third-order valence-corrected chi connectivity index (χ3v) is 5.46. The summed E-state index contributed by atoms with van der Waals surface area (Å²) in [4.78, 5) is 4.04. The Labute approximate surface area is 142 Å². The lowest BCUT2D eigenvalue weighted by atomic mass is 10.1. The molecular formula is C11H3Cl5IN. The Morgan fingerprint density at radius 2 is 1.33 bits per heavy atom. The van der Waals surface area contributed by atoms with Crippen molar-refractivity contribution in [3.8, 4) is 11.1 Å². The predicted molar refractivity (Wildman–Crippen MR) is 87.4 cm³/mol. The van der Waals surface area contributed by atoms with Crippen molar-refractivity contribution in [2.24, 2.45) is 0 Å². The molecule has 0 unspecified atom stereocenters. The molecule has 0 fully saturated rings. The van der Waals surface area contributed by atoms with Crippen molar-refractivity contribution in [1.29, 1.82) is 0 Å². The van der Waals surface area contributed by atoms with E-state index in [0.29, 0.717) is 5.56 Å². The Morgan fingerprint density at radius 3 is 1.83 bits per heavy atom. The molecule has 7 heteroatoms. The molecule has 0 aliphatic heterocycles. The van der Waals surface area contributed by atoms with E-state index in [4.69, 9.17) is 58.0 Å². The van der Waals surface area contributed by atoms with Gasteiger partial charge in [-0.15, -0.1) is 0 Å². The number of halogens is 6. The highest BCUT2D eigenvalue weighted by molar-refractivity contribution is 14.1. The van der Waals surface area contributed by atoms with Crippen molar-refractivity contribution in [2.45, 2.75) is 0 Å². The highest BCUT2D eigenvalue weighted by Gasteiger charge is 2.21. The fourth-order valence-electron chi connectivity index (χ4n) is 1.40. The molecule has 2 aromatic rings. The van der Waals surface area contributed by atoms with Gasteiger partial charge in [0, 0.05) is 27.1 Å². The average Bonchev–Trinajstić information content (AvgIpc) is 2.36. The number of benzene rings is 1. The van der Waals surface area contributed by atoms with Crippen molar-refractivity contribution in [3.63, 3.8) is 0 Å². The summed E-state index contributed by atoms with van der Waals surface area (Å²) in [7, 11) is 0. The topological polar surface area (TPSA) is 12.9 Å². The van der Waals surface area contributed by atoms with Crippen LogP contribution in [0.25, 0.3) is 11.1 Å². The summed E-state index contributed by atoms with van der Waals surface area (Å²) >= 11 is 32.5. The van der Waals surface area contributed by atoms with Crippen LogP contribution in [-0.4, -0.2) is 4.98 Å². The number of nitrogens with zero attached hydrogens (tertiary/aromatic N) is 1. The second-order valence-corrected chi connectivity index (χ2v) is 6.35. The standard InChI is InChI=1S/C11H3Cl5IN/c12-7-6(4-3-18-2-1-5(4)17)8(13)10(15)11(16)9(7)14/h1-3H. The number of pyridine rings is 1. The number of hydrogen-bond donors (Lipinski definition) is 0. The van der Waals surface area contributed by atoms with Crippen LogP contribution in [0.5, 0.6) is 0 Å². The zero-order valence-electron chi connectivity index (χ0n) is 8.45. The van der Waals surface area contributed by atoms with Crippen molar-refractivity contribution in [3.05, 3.63) is 47.1 Å². The molecule has 0 spiro atoms. The summed E-state index contributed by atoms with van der Waals surface area (Å²) in [6.45, 7) is 0. The van der Waals surface area contributed by atoms with Crippen molar-refractivity contribution in [1.82, 2.24) is 4.98 Å². The van der Waals surface area contributed by atoms with Gasteiger partial charge in [-0.05, 0) is 28.7 Å². The Bertz CT molecular complexity index is 600. The van der Waals surface area contributed by atoms with Crippen LogP contribution in [0.1, 0.15) is 0 Å². The minimum atomic E-state index is 0.149. The largest absolute Gasteiger partial charge is 0.264 e. The lowest BCUT2D eigenvalue weighted by Crippen LogP contribution is -1.90. The zero-order valence-corrected chi connectivity index (χ0v) is 14.4. The Morgan fingerprint density at radius 1 is 0.833 bits per heavy atom. The van der Waals surface area contributed by atoms with E-state index >= 15 is 0 Å². The molecule has 0 amide bonds. The van der Waals surface area contributed by atoms with Gasteiger partial charge in [0.2, 0.25) is 0 Å². The molecule has 1 aromatic heterocycles. The van der Waals surface area contributed by atoms with Gasteiger partial charge in [0.25, 0.3) is 0 Å². The maximum absolute atomic E-state index is 6.19. The molecule has 0 saturated heterocycles. The van der Waals surface area contributed by atoms with Gasteiger partial charge in [0.05, 0.1) is 25.1 Å². The SMILES string of the molecule is Clc1c(Cl)c(Cl)c(-c2cnccc2I)c(Cl)c1Cl. The van der Waals surface area contributed by atoms with Gasteiger partial charge >= 0.3 is 0 Å². The maximum Gasteiger partial charge on any atom is 0.0809 e. The number of aromatic nitrogens is 1. The fraction of sp³-hybridized carbons (Fsp3) is 0. The summed E-state index contributed by atoms with van der Waals surface area (Å²) in [5.74, 6) is 0. The van der Waals surface area contributed by atoms with E-state index < -0.39 is 0 Å². The van der Waals surface area contributed by atoms with E-state index in [1.54, 1.807) is 12.4 Å². The molecule has 0 aliphatic rings. The first-order valence-corrected chi connectivity index (χ1v) is 7.53. The van der Waals surface area contributed by atoms with Gasteiger partial charge in [-0.2, -0.15) is 0 Å². The lowest BCUT2D eigenvalue weighted by Gasteiger charge is -2.13. The van der Waals surface area contributed by atoms with E-state index in [2.05, 4.69) is 27.6 Å². The van der Waals surface area contributed by atoms with Gasteiger partial charge in [-0.3, -0.25) is 4.98 Å². The van der Waals surface area contributed by atoms with Crippen molar-refractivity contribution < 1.29 is 0 Å². The molecule has 1 nitrogen and oxygen atoms in total. The summed E-state index contributed by atoms with van der Waals surface area (Å²) in [5, 5.41) is 1.05. The Kier molecular flexibility index (Phi) is 4.90. The zero-order chi connectivity index (χ0) is 13.4. The van der Waals surface area contributed by atoms with Crippen LogP contribution in [0.2, 0.25) is 25.1 Å². The number of hydrogen-bond acceptors (Lipinski definition) is 1. The van der Waals surface area contributed by atoms with E-state index in [1.165, 1.54) is 0 Å². The van der Waals surface area contributed by atoms with Crippen LogP contribution in [0.15, 0.2) is 18.5 Å². The van der Waals surface area contributed by atoms with Crippen molar-refractivity contribution in [2.75, 3.05) is 0 Å². The first-order chi connectivity index (χ1) is 8.45. The minimum Gasteiger partial charge on any atom is -0.264 e. The highest BCUT2D eigenvalue weighted by atomic mass is 127. The van der Waals surface area contributed by atoms with E-state index in [1.807, 2.05) is 6.07 Å².